The number of carbonyl (C=O) groups excluding carboxylic acids is 7. The van der Waals surface area contributed by atoms with Crippen LogP contribution in [0.15, 0.2) is 60.6 Å². The Labute approximate surface area is 307 Å². The smallest absolute Gasteiger partial charge is 0.328 e. The minimum absolute atomic E-state index is 0.00190. The number of amides is 8. The molecule has 0 radical (unpaired) electrons. The highest BCUT2D eigenvalue weighted by Crippen LogP contribution is 2.32. The number of hydrogen-bond acceptors (Lipinski definition) is 11. The molecule has 54 heavy (non-hydrogen) atoms. The maximum absolute atomic E-state index is 13.2. The van der Waals surface area contributed by atoms with Crippen LogP contribution in [0.1, 0.15) is 51.7 Å². The van der Waals surface area contributed by atoms with Crippen LogP contribution >= 0.6 is 0 Å². The number of aromatic nitrogens is 4. The first kappa shape index (κ1) is 35.9. The fourth-order valence-corrected chi connectivity index (χ4v) is 6.58. The van der Waals surface area contributed by atoms with E-state index in [4.69, 9.17) is 9.47 Å². The van der Waals surface area contributed by atoms with Gasteiger partial charge in [0, 0.05) is 35.6 Å². The Morgan fingerprint density at radius 2 is 1.76 bits per heavy atom. The first-order valence-corrected chi connectivity index (χ1v) is 17.2. The van der Waals surface area contributed by atoms with Crippen molar-refractivity contribution in [2.45, 2.75) is 38.9 Å². The van der Waals surface area contributed by atoms with Crippen LogP contribution < -0.4 is 16.0 Å². The van der Waals surface area contributed by atoms with Crippen molar-refractivity contribution in [3.8, 4) is 0 Å². The van der Waals surface area contributed by atoms with Crippen molar-refractivity contribution in [3.05, 3.63) is 82.9 Å². The molecule has 4 aromatic rings. The summed E-state index contributed by atoms with van der Waals surface area (Å²) in [5, 5.41) is 16.8. The van der Waals surface area contributed by atoms with E-state index in [9.17, 15) is 33.6 Å². The molecule has 2 aromatic heterocycles. The lowest BCUT2D eigenvalue weighted by Gasteiger charge is -2.27. The number of imide groups is 3. The van der Waals surface area contributed by atoms with Gasteiger partial charge in [0.15, 0.2) is 0 Å². The lowest BCUT2D eigenvalue weighted by molar-refractivity contribution is -0.136. The number of piperidine rings is 1. The molecule has 2 saturated heterocycles. The number of fused-ring (bicyclic) bond motifs is 2. The van der Waals surface area contributed by atoms with Crippen LogP contribution in [0.5, 0.6) is 0 Å². The Morgan fingerprint density at radius 3 is 2.56 bits per heavy atom. The molecule has 1 unspecified atom stereocenters. The highest BCUT2D eigenvalue weighted by atomic mass is 16.5. The van der Waals surface area contributed by atoms with Crippen molar-refractivity contribution in [3.63, 3.8) is 0 Å². The van der Waals surface area contributed by atoms with Crippen molar-refractivity contribution in [1.82, 2.24) is 40.0 Å². The SMILES string of the molecule is CCN1C(=O)N/C(=C\c2cn(Cc3cn(CCOCCOCC(=O)Nc4cccc5c4C(=O)N(C4CCC(=O)NC4=O)C5=O)nn3)c3ccccc23)C1=O. The molecule has 0 aliphatic carbocycles. The lowest BCUT2D eigenvalue weighted by atomic mass is 10.0. The number of anilines is 1. The van der Waals surface area contributed by atoms with Crippen LogP contribution in [0.2, 0.25) is 0 Å². The molecule has 278 valence electrons. The van der Waals surface area contributed by atoms with Crippen molar-refractivity contribution in [1.29, 1.82) is 0 Å². The monoisotopic (exact) mass is 737 g/mol. The van der Waals surface area contributed by atoms with Gasteiger partial charge in [0.25, 0.3) is 17.7 Å². The number of nitrogens with one attached hydrogen (secondary N) is 3. The number of para-hydroxylation sites is 1. The number of nitrogens with zero attached hydrogens (tertiary/aromatic N) is 6. The third kappa shape index (κ3) is 7.11. The number of likely N-dealkylation sites (N-methyl/N-ethyl adjacent to an activating group) is 1. The summed E-state index contributed by atoms with van der Waals surface area (Å²) in [6.07, 6.45) is 5.41. The number of hydrogen-bond donors (Lipinski definition) is 3. The van der Waals surface area contributed by atoms with Crippen LogP contribution in [0, 0.1) is 0 Å². The van der Waals surface area contributed by atoms with Crippen molar-refractivity contribution < 1.29 is 43.0 Å². The Bertz CT molecular complexity index is 2240. The van der Waals surface area contributed by atoms with Crippen molar-refractivity contribution in [2.75, 3.05) is 38.3 Å². The zero-order chi connectivity index (χ0) is 37.9. The second-order valence-electron chi connectivity index (χ2n) is 12.6. The van der Waals surface area contributed by atoms with Crippen molar-refractivity contribution >= 4 is 64.1 Å². The average Bonchev–Trinajstić information content (AvgIpc) is 3.88. The van der Waals surface area contributed by atoms with Crippen LogP contribution in [-0.2, 0) is 41.7 Å². The van der Waals surface area contributed by atoms with E-state index >= 15 is 0 Å². The number of urea groups is 1. The van der Waals surface area contributed by atoms with Gasteiger partial charge in [0.2, 0.25) is 17.7 Å². The number of benzene rings is 2. The maximum Gasteiger partial charge on any atom is 0.328 e. The van der Waals surface area contributed by atoms with Gasteiger partial charge in [-0.3, -0.25) is 43.9 Å². The fraction of sp³-hybridized carbons (Fsp3) is 0.306. The number of rotatable bonds is 14. The number of ether oxygens (including phenoxy) is 2. The summed E-state index contributed by atoms with van der Waals surface area (Å²) < 4.78 is 14.7. The second-order valence-corrected chi connectivity index (χ2v) is 12.6. The molecular weight excluding hydrogens is 702 g/mol. The number of carbonyl (C=O) groups is 7. The molecule has 1 atom stereocenters. The average molecular weight is 738 g/mol. The summed E-state index contributed by atoms with van der Waals surface area (Å²) in [4.78, 5) is 89.5. The predicted molar refractivity (Wildman–Crippen MR) is 188 cm³/mol. The molecule has 3 aliphatic heterocycles. The zero-order valence-electron chi connectivity index (χ0n) is 29.1. The Kier molecular flexibility index (Phi) is 10.1. The minimum atomic E-state index is -1.12. The van der Waals surface area contributed by atoms with E-state index in [-0.39, 0.29) is 67.6 Å². The first-order valence-electron chi connectivity index (χ1n) is 17.2. The predicted octanol–water partition coefficient (Wildman–Crippen LogP) is 1.27. The molecular formula is C36H35N9O9. The summed E-state index contributed by atoms with van der Waals surface area (Å²) in [5.74, 6) is -3.51. The highest BCUT2D eigenvalue weighted by molar-refractivity contribution is 6.26. The summed E-state index contributed by atoms with van der Waals surface area (Å²) in [6, 6.07) is 10.6. The Hall–Kier alpha value is -6.53. The third-order valence-electron chi connectivity index (χ3n) is 9.13. The van der Waals surface area contributed by atoms with Gasteiger partial charge in [-0.15, -0.1) is 5.10 Å². The normalized spacial score (nSPS) is 17.9. The molecule has 5 heterocycles. The molecule has 7 rings (SSSR count). The lowest BCUT2D eigenvalue weighted by Crippen LogP contribution is -2.54. The molecule has 0 spiro atoms. The van der Waals surface area contributed by atoms with E-state index in [1.807, 2.05) is 35.0 Å². The van der Waals surface area contributed by atoms with Crippen LogP contribution in [0.4, 0.5) is 10.5 Å². The first-order chi connectivity index (χ1) is 26.1. The molecule has 0 saturated carbocycles. The highest BCUT2D eigenvalue weighted by Gasteiger charge is 2.45. The van der Waals surface area contributed by atoms with E-state index in [0.717, 1.165) is 26.3 Å². The van der Waals surface area contributed by atoms with Gasteiger partial charge in [-0.05, 0) is 37.6 Å². The summed E-state index contributed by atoms with van der Waals surface area (Å²) in [7, 11) is 0. The molecule has 0 bridgehead atoms. The van der Waals surface area contributed by atoms with E-state index in [1.54, 1.807) is 23.9 Å². The molecule has 3 aliphatic rings. The quantitative estimate of drug-likeness (QED) is 0.0725. The largest absolute Gasteiger partial charge is 0.377 e. The molecule has 18 heteroatoms. The third-order valence-corrected chi connectivity index (χ3v) is 9.13. The van der Waals surface area contributed by atoms with Gasteiger partial charge in [-0.25, -0.2) is 9.48 Å². The fourth-order valence-electron chi connectivity index (χ4n) is 6.58. The van der Waals surface area contributed by atoms with E-state index < -0.39 is 41.6 Å². The van der Waals surface area contributed by atoms with Crippen molar-refractivity contribution in [2.24, 2.45) is 0 Å². The molecule has 3 N–H and O–H groups in total. The summed E-state index contributed by atoms with van der Waals surface area (Å²) in [5.41, 5.74) is 2.76. The topological polar surface area (TPSA) is 216 Å². The minimum Gasteiger partial charge on any atom is -0.377 e. The van der Waals surface area contributed by atoms with Gasteiger partial charge in [0.05, 0.1) is 55.9 Å². The maximum atomic E-state index is 13.2. The van der Waals surface area contributed by atoms with Crippen LogP contribution in [-0.4, -0.2) is 110 Å². The van der Waals surface area contributed by atoms with Gasteiger partial charge in [-0.1, -0.05) is 29.5 Å². The Balaban J connectivity index is 0.856. The van der Waals surface area contributed by atoms with E-state index in [0.29, 0.717) is 25.4 Å². The van der Waals surface area contributed by atoms with Gasteiger partial charge in [0.1, 0.15) is 24.0 Å². The van der Waals surface area contributed by atoms with Gasteiger partial charge in [-0.2, -0.15) is 0 Å². The molecule has 18 nitrogen and oxygen atoms in total. The second kappa shape index (κ2) is 15.2. The standard InChI is InChI=1S/C36H35N9O9/c1-2-44-34(50)26(38-36(44)52)16-21-17-42(27-9-4-3-6-23(21)27)18-22-19-43(41-40-22)12-13-53-14-15-54-20-30(47)37-25-8-5-7-24-31(25)35(51)45(33(24)49)28-10-11-29(46)39-32(28)48/h3-9,16-17,19,28H,2,10-15,18,20H2,1H3,(H,37,47)(H,38,52)(H,39,46,48)/b26-16-. The van der Waals surface area contributed by atoms with E-state index in [2.05, 4.69) is 26.3 Å². The van der Waals surface area contributed by atoms with E-state index in [1.165, 1.54) is 18.2 Å². The molecule has 8 amide bonds. The Morgan fingerprint density at radius 1 is 0.944 bits per heavy atom. The van der Waals surface area contributed by atoms with Gasteiger partial charge >= 0.3 is 6.03 Å². The molecule has 2 aromatic carbocycles. The van der Waals surface area contributed by atoms with Gasteiger partial charge < -0.3 is 24.7 Å². The van der Waals surface area contributed by atoms with Crippen LogP contribution in [0.3, 0.4) is 0 Å². The van der Waals surface area contributed by atoms with Crippen LogP contribution in [0.25, 0.3) is 17.0 Å². The molecule has 2 fully saturated rings. The zero-order valence-corrected chi connectivity index (χ0v) is 29.1. The summed E-state index contributed by atoms with van der Waals surface area (Å²) >= 11 is 0. The summed E-state index contributed by atoms with van der Waals surface area (Å²) in [6.45, 7) is 3.10.